The summed E-state index contributed by atoms with van der Waals surface area (Å²) in [6.07, 6.45) is 6.18. The van der Waals surface area contributed by atoms with E-state index < -0.39 is 29.4 Å². The van der Waals surface area contributed by atoms with Crippen LogP contribution in [-0.2, 0) is 20.8 Å². The van der Waals surface area contributed by atoms with Crippen LogP contribution in [-0.4, -0.2) is 56.8 Å². The number of imidazole rings is 1. The molecule has 42 heavy (non-hydrogen) atoms. The second kappa shape index (κ2) is 15.7. The first-order chi connectivity index (χ1) is 19.1. The summed E-state index contributed by atoms with van der Waals surface area (Å²) in [5, 5.41) is 5.63. The highest BCUT2D eigenvalue weighted by Gasteiger charge is 2.31. The maximum atomic E-state index is 13.7. The first-order valence-electron chi connectivity index (χ1n) is 13.9. The van der Waals surface area contributed by atoms with E-state index in [0.717, 1.165) is 37.1 Å². The highest BCUT2D eigenvalue weighted by Crippen LogP contribution is 2.26. The van der Waals surface area contributed by atoms with E-state index in [1.54, 1.807) is 30.9 Å². The van der Waals surface area contributed by atoms with Crippen molar-refractivity contribution < 1.29 is 14.4 Å². The predicted molar refractivity (Wildman–Crippen MR) is 170 cm³/mol. The number of likely N-dealkylation sites (tertiary alicyclic amines) is 1. The zero-order chi connectivity index (χ0) is 28.7. The molecule has 4 N–H and O–H groups in total. The molecule has 3 aromatic rings. The van der Waals surface area contributed by atoms with Gasteiger partial charge in [-0.25, -0.2) is 4.98 Å². The van der Waals surface area contributed by atoms with Crippen LogP contribution in [0.5, 0.6) is 0 Å². The fourth-order valence-electron chi connectivity index (χ4n) is 4.80. The summed E-state index contributed by atoms with van der Waals surface area (Å²) >= 11 is 0. The zero-order valence-electron chi connectivity index (χ0n) is 24.4. The zero-order valence-corrected chi connectivity index (χ0v) is 26.0. The quantitative estimate of drug-likeness (QED) is 0.312. The number of aryl methyl sites for hydroxylation is 1. The van der Waals surface area contributed by atoms with Crippen LogP contribution in [0.3, 0.4) is 0 Å². The fraction of sp³-hybridized carbons (Fsp3) is 0.419. The van der Waals surface area contributed by atoms with E-state index in [0.29, 0.717) is 24.6 Å². The lowest BCUT2D eigenvalue weighted by Gasteiger charge is -2.33. The summed E-state index contributed by atoms with van der Waals surface area (Å²) in [6, 6.07) is 17.9. The van der Waals surface area contributed by atoms with Crippen LogP contribution in [0.25, 0.3) is 0 Å². The Labute approximate surface area is 260 Å². The Morgan fingerprint density at radius 1 is 1.00 bits per heavy atom. The molecule has 1 aliphatic heterocycles. The number of carbonyl (C=O) groups is 3. The molecule has 0 saturated carbocycles. The lowest BCUT2D eigenvalue weighted by atomic mass is 9.97. The molecule has 2 atom stereocenters. The molecule has 11 heteroatoms. The number of rotatable bonds is 10. The number of nitrogens with two attached hydrogens (primary N) is 1. The molecule has 0 bridgehead atoms. The van der Waals surface area contributed by atoms with Crippen LogP contribution in [0.1, 0.15) is 57.2 Å². The van der Waals surface area contributed by atoms with Crippen molar-refractivity contribution in [3.63, 3.8) is 0 Å². The highest BCUT2D eigenvalue weighted by atomic mass is 35.5. The Morgan fingerprint density at radius 2 is 1.60 bits per heavy atom. The molecular formula is C31H42Cl2N6O3. The third kappa shape index (κ3) is 9.31. The molecule has 2 heterocycles. The maximum Gasteiger partial charge on any atom is 0.250 e. The Bertz CT molecular complexity index is 1290. The van der Waals surface area contributed by atoms with Gasteiger partial charge < -0.3 is 25.8 Å². The smallest absolute Gasteiger partial charge is 0.250 e. The number of piperidine rings is 1. The molecule has 228 valence electrons. The summed E-state index contributed by atoms with van der Waals surface area (Å²) in [5.41, 5.74) is 6.75. The molecule has 1 aliphatic rings. The van der Waals surface area contributed by atoms with Gasteiger partial charge >= 0.3 is 0 Å². The number of carbonyl (C=O) groups excluding carboxylic acids is 3. The van der Waals surface area contributed by atoms with Gasteiger partial charge in [0.25, 0.3) is 0 Å². The third-order valence-electron chi connectivity index (χ3n) is 7.37. The summed E-state index contributed by atoms with van der Waals surface area (Å²) in [5.74, 6) is 0.0983. The van der Waals surface area contributed by atoms with Gasteiger partial charge in [0, 0.05) is 19.3 Å². The van der Waals surface area contributed by atoms with Crippen LogP contribution in [0.2, 0.25) is 0 Å². The Hall–Kier alpha value is -3.40. The predicted octanol–water partition coefficient (Wildman–Crippen LogP) is 4.37. The summed E-state index contributed by atoms with van der Waals surface area (Å²) < 4.78 is 1.74. The highest BCUT2D eigenvalue weighted by molar-refractivity contribution is 5.98. The van der Waals surface area contributed by atoms with Crippen molar-refractivity contribution in [1.82, 2.24) is 19.8 Å². The van der Waals surface area contributed by atoms with E-state index in [2.05, 4.69) is 22.5 Å². The number of hydrogen-bond acceptors (Lipinski definition) is 5. The molecule has 2 aromatic carbocycles. The SMILES string of the molecule is CC1CCN(C(=O)C(c2ccccc2)n2cnc(NC(=O)[C@@H](CCc3ccccc3)NC(=O)C(C)(C)N)c2)CC1.Cl.Cl. The van der Waals surface area contributed by atoms with Crippen molar-refractivity contribution in [3.8, 4) is 0 Å². The number of amides is 3. The summed E-state index contributed by atoms with van der Waals surface area (Å²) in [7, 11) is 0. The molecule has 1 unspecified atom stereocenters. The Balaban J connectivity index is 0.00000308. The second-order valence-corrected chi connectivity index (χ2v) is 11.3. The number of halogens is 2. The maximum absolute atomic E-state index is 13.7. The fourth-order valence-corrected chi connectivity index (χ4v) is 4.80. The van der Waals surface area contributed by atoms with Crippen molar-refractivity contribution in [2.45, 2.75) is 64.1 Å². The van der Waals surface area contributed by atoms with Crippen LogP contribution < -0.4 is 16.4 Å². The molecule has 9 nitrogen and oxygen atoms in total. The molecule has 1 aromatic heterocycles. The lowest BCUT2D eigenvalue weighted by Crippen LogP contribution is -2.55. The second-order valence-electron chi connectivity index (χ2n) is 11.3. The van der Waals surface area contributed by atoms with Crippen LogP contribution in [0.4, 0.5) is 5.82 Å². The Kier molecular flexibility index (Phi) is 13.0. The average Bonchev–Trinajstić information content (AvgIpc) is 3.39. The van der Waals surface area contributed by atoms with Gasteiger partial charge in [0.15, 0.2) is 5.82 Å². The van der Waals surface area contributed by atoms with Crippen molar-refractivity contribution in [2.24, 2.45) is 11.7 Å². The molecule has 4 rings (SSSR count). The van der Waals surface area contributed by atoms with E-state index >= 15 is 0 Å². The van der Waals surface area contributed by atoms with Gasteiger partial charge in [0.05, 0.1) is 11.9 Å². The Morgan fingerprint density at radius 3 is 2.19 bits per heavy atom. The number of nitrogens with zero attached hydrogens (tertiary/aromatic N) is 3. The topological polar surface area (TPSA) is 122 Å². The van der Waals surface area contributed by atoms with E-state index in [9.17, 15) is 14.4 Å². The van der Waals surface area contributed by atoms with Crippen molar-refractivity contribution in [1.29, 1.82) is 0 Å². The van der Waals surface area contributed by atoms with E-state index in [-0.39, 0.29) is 30.7 Å². The van der Waals surface area contributed by atoms with Gasteiger partial charge in [-0.2, -0.15) is 0 Å². The standard InChI is InChI=1S/C31H40N6O3.2ClH/c1-22-16-18-36(19-17-22)29(39)27(24-12-8-5-9-13-24)37-20-26(33-21-37)35-28(38)25(34-30(40)31(2,3)32)15-14-23-10-6-4-7-11-23;;/h4-13,20-22,25,27H,14-19,32H2,1-3H3,(H,34,40)(H,35,38);2*1H/t25-,27?;;/m1../s1. The largest absolute Gasteiger partial charge is 0.343 e. The van der Waals surface area contributed by atoms with Crippen molar-refractivity contribution in [3.05, 3.63) is 84.3 Å². The third-order valence-corrected chi connectivity index (χ3v) is 7.37. The minimum Gasteiger partial charge on any atom is -0.343 e. The molecular weight excluding hydrogens is 575 g/mol. The van der Waals surface area contributed by atoms with E-state index in [4.69, 9.17) is 5.73 Å². The lowest BCUT2D eigenvalue weighted by molar-refractivity contribution is -0.135. The van der Waals surface area contributed by atoms with Gasteiger partial charge in [-0.1, -0.05) is 67.6 Å². The molecule has 0 aliphatic carbocycles. The summed E-state index contributed by atoms with van der Waals surface area (Å²) in [6.45, 7) is 6.86. The van der Waals surface area contributed by atoms with Gasteiger partial charge in [-0.05, 0) is 56.6 Å². The first-order valence-corrected chi connectivity index (χ1v) is 13.9. The first kappa shape index (κ1) is 34.8. The van der Waals surface area contributed by atoms with Crippen LogP contribution in [0, 0.1) is 5.92 Å². The number of anilines is 1. The van der Waals surface area contributed by atoms with Gasteiger partial charge in [0.2, 0.25) is 17.7 Å². The monoisotopic (exact) mass is 616 g/mol. The average molecular weight is 618 g/mol. The number of nitrogens with one attached hydrogen (secondary N) is 2. The van der Waals surface area contributed by atoms with Gasteiger partial charge in [-0.3, -0.25) is 14.4 Å². The van der Waals surface area contributed by atoms with Gasteiger partial charge in [0.1, 0.15) is 12.1 Å². The van der Waals surface area contributed by atoms with E-state index in [1.165, 1.54) is 0 Å². The molecule has 0 spiro atoms. The number of aromatic nitrogens is 2. The van der Waals surface area contributed by atoms with Gasteiger partial charge in [-0.15, -0.1) is 24.8 Å². The minimum atomic E-state index is -1.14. The molecule has 0 radical (unpaired) electrons. The van der Waals surface area contributed by atoms with Crippen molar-refractivity contribution in [2.75, 3.05) is 18.4 Å². The molecule has 1 saturated heterocycles. The van der Waals surface area contributed by atoms with Crippen LogP contribution in [0.15, 0.2) is 73.2 Å². The normalized spacial score (nSPS) is 15.0. The molecule has 3 amide bonds. The van der Waals surface area contributed by atoms with E-state index in [1.807, 2.05) is 65.6 Å². The van der Waals surface area contributed by atoms with Crippen molar-refractivity contribution >= 4 is 48.4 Å². The summed E-state index contributed by atoms with van der Waals surface area (Å²) in [4.78, 5) is 46.0. The number of hydrogen-bond donors (Lipinski definition) is 3. The number of benzene rings is 2. The minimum absolute atomic E-state index is 0. The molecule has 1 fully saturated rings. The van der Waals surface area contributed by atoms with Crippen LogP contribution >= 0.6 is 24.8 Å².